The van der Waals surface area contributed by atoms with Crippen molar-refractivity contribution in [3.8, 4) is 11.1 Å². The molecule has 2 aromatic carbocycles. The molecule has 0 unspecified atom stereocenters. The van der Waals surface area contributed by atoms with E-state index in [-0.39, 0.29) is 0 Å². The van der Waals surface area contributed by atoms with Crippen LogP contribution in [0.15, 0.2) is 47.2 Å². The Morgan fingerprint density at radius 1 is 0.739 bits per heavy atom. The molecule has 0 saturated carbocycles. The van der Waals surface area contributed by atoms with Gasteiger partial charge in [-0.15, -0.1) is 0 Å². The molecule has 23 heavy (non-hydrogen) atoms. The largest absolute Gasteiger partial charge is 0.268 e. The summed E-state index contributed by atoms with van der Waals surface area (Å²) in [6.45, 7) is 15.9. The van der Waals surface area contributed by atoms with Gasteiger partial charge in [-0.3, -0.25) is 4.74 Å². The Balaban J connectivity index is 2.77. The summed E-state index contributed by atoms with van der Waals surface area (Å²) < 4.78 is 5.18. The monoisotopic (exact) mass is 327 g/mol. The Morgan fingerprint density at radius 3 is 1.61 bits per heavy atom. The van der Waals surface area contributed by atoms with Gasteiger partial charge in [0.05, 0.1) is 5.69 Å². The molecule has 0 bridgehead atoms. The fourth-order valence-electron chi connectivity index (χ4n) is 2.77. The average molecular weight is 327 g/mol. The average Bonchev–Trinajstić information content (AvgIpc) is 2.46. The van der Waals surface area contributed by atoms with Gasteiger partial charge in [0.2, 0.25) is 0 Å². The van der Waals surface area contributed by atoms with Gasteiger partial charge in [-0.05, 0) is 73.3 Å². The van der Waals surface area contributed by atoms with Crippen molar-refractivity contribution >= 4 is 12.7 Å². The Hall–Kier alpha value is -1.33. The summed E-state index contributed by atoms with van der Waals surface area (Å²) in [5.41, 5.74) is 6.60. The van der Waals surface area contributed by atoms with E-state index in [4.69, 9.17) is 4.74 Å². The highest BCUT2D eigenvalue weighted by molar-refractivity contribution is 7.64. The molecule has 0 aliphatic carbocycles. The topological polar surface area (TPSA) is 12.4 Å². The van der Waals surface area contributed by atoms with Crippen molar-refractivity contribution in [2.24, 2.45) is 4.74 Å². The van der Waals surface area contributed by atoms with Crippen LogP contribution in [0.4, 0.5) is 5.69 Å². The first-order valence-corrected chi connectivity index (χ1v) is 11.6. The van der Waals surface area contributed by atoms with Gasteiger partial charge in [0.15, 0.2) is 0 Å². The summed E-state index contributed by atoms with van der Waals surface area (Å²) in [5.74, 6) is 0.947. The molecule has 0 aliphatic rings. The van der Waals surface area contributed by atoms with E-state index in [1.54, 1.807) is 0 Å². The van der Waals surface area contributed by atoms with E-state index < -0.39 is 7.05 Å². The molecule has 2 heteroatoms. The molecule has 124 valence electrons. The fourth-order valence-corrected chi connectivity index (χ4v) is 3.60. The Labute approximate surface area is 142 Å². The van der Waals surface area contributed by atoms with Gasteiger partial charge in [0.25, 0.3) is 0 Å². The first-order chi connectivity index (χ1) is 10.7. The molecular formula is C21H30NP. The first kappa shape index (κ1) is 18.0. The zero-order valence-corrected chi connectivity index (χ0v) is 16.5. The van der Waals surface area contributed by atoms with Gasteiger partial charge in [-0.2, -0.15) is 0 Å². The zero-order valence-electron chi connectivity index (χ0n) is 15.6. The summed E-state index contributed by atoms with van der Waals surface area (Å²) in [7, 11) is -1.23. The molecule has 0 aromatic heterocycles. The van der Waals surface area contributed by atoms with Gasteiger partial charge in [-0.25, -0.2) is 0 Å². The molecule has 1 nitrogen and oxygen atoms in total. The van der Waals surface area contributed by atoms with E-state index in [9.17, 15) is 0 Å². The summed E-state index contributed by atoms with van der Waals surface area (Å²) in [6.07, 6.45) is 0. The lowest BCUT2D eigenvalue weighted by Gasteiger charge is -2.21. The lowest BCUT2D eigenvalue weighted by Crippen LogP contribution is -1.97. The number of hydrogen-bond acceptors (Lipinski definition) is 1. The summed E-state index contributed by atoms with van der Waals surface area (Å²) in [5, 5.41) is 0. The number of nitrogens with zero attached hydrogens (tertiary/aromatic N) is 1. The summed E-state index contributed by atoms with van der Waals surface area (Å²) >= 11 is 0. The molecule has 0 aliphatic heterocycles. The maximum atomic E-state index is 5.18. The summed E-state index contributed by atoms with van der Waals surface area (Å²) in [6, 6.07) is 15.4. The van der Waals surface area contributed by atoms with Crippen LogP contribution in [0, 0.1) is 0 Å². The van der Waals surface area contributed by atoms with Gasteiger partial charge in [0.1, 0.15) is 0 Å². The smallest absolute Gasteiger partial charge is 0.0682 e. The molecular weight excluding hydrogens is 297 g/mol. The number of benzene rings is 2. The van der Waals surface area contributed by atoms with E-state index in [1.165, 1.54) is 27.9 Å². The Bertz CT molecular complexity index is 683. The van der Waals surface area contributed by atoms with Crippen molar-refractivity contribution in [1.29, 1.82) is 0 Å². The van der Waals surface area contributed by atoms with E-state index in [2.05, 4.69) is 90.2 Å². The minimum Gasteiger partial charge on any atom is -0.268 e. The first-order valence-electron chi connectivity index (χ1n) is 8.47. The van der Waals surface area contributed by atoms with Gasteiger partial charge >= 0.3 is 0 Å². The van der Waals surface area contributed by atoms with Crippen LogP contribution in [0.1, 0.15) is 50.7 Å². The standard InChI is InChI=1S/C21H30NP/c1-15(2)19-13-18(17-11-9-8-10-12-17)14-20(16(3)4)21(19)22-23(5,6)7/h8-16H,1-7H3. The maximum Gasteiger partial charge on any atom is 0.0682 e. The van der Waals surface area contributed by atoms with Crippen LogP contribution in [0.2, 0.25) is 0 Å². The van der Waals surface area contributed by atoms with E-state index in [0.29, 0.717) is 11.8 Å². The van der Waals surface area contributed by atoms with Crippen molar-refractivity contribution in [3.05, 3.63) is 53.6 Å². The number of hydrogen-bond donors (Lipinski definition) is 0. The van der Waals surface area contributed by atoms with Crippen LogP contribution in [0.3, 0.4) is 0 Å². The quantitative estimate of drug-likeness (QED) is 0.521. The molecule has 2 rings (SSSR count). The van der Waals surface area contributed by atoms with Crippen molar-refractivity contribution < 1.29 is 0 Å². The van der Waals surface area contributed by atoms with Crippen LogP contribution in [-0.2, 0) is 0 Å². The second-order valence-electron chi connectivity index (χ2n) is 7.72. The van der Waals surface area contributed by atoms with Gasteiger partial charge in [0, 0.05) is 0 Å². The minimum atomic E-state index is -1.23. The molecule has 0 spiro atoms. The third-order valence-electron chi connectivity index (χ3n) is 3.92. The molecule has 0 N–H and O–H groups in total. The third-order valence-corrected chi connectivity index (χ3v) is 4.72. The molecule has 0 amide bonds. The van der Waals surface area contributed by atoms with Crippen molar-refractivity contribution in [2.45, 2.75) is 39.5 Å². The van der Waals surface area contributed by atoms with Crippen LogP contribution >= 0.6 is 7.05 Å². The van der Waals surface area contributed by atoms with Crippen LogP contribution in [0.25, 0.3) is 11.1 Å². The van der Waals surface area contributed by atoms with Crippen molar-refractivity contribution in [2.75, 3.05) is 20.0 Å². The zero-order chi connectivity index (χ0) is 17.2. The van der Waals surface area contributed by atoms with E-state index >= 15 is 0 Å². The van der Waals surface area contributed by atoms with Gasteiger partial charge < -0.3 is 0 Å². The van der Waals surface area contributed by atoms with E-state index in [1.807, 2.05) is 0 Å². The summed E-state index contributed by atoms with van der Waals surface area (Å²) in [4.78, 5) is 0. The highest BCUT2D eigenvalue weighted by Crippen LogP contribution is 2.46. The second kappa shape index (κ2) is 7.05. The SMILES string of the molecule is CC(C)c1cc(-c2ccccc2)cc(C(C)C)c1N=P(C)(C)C. The van der Waals surface area contributed by atoms with E-state index in [0.717, 1.165) is 0 Å². The molecule has 2 aromatic rings. The Kier molecular flexibility index (Phi) is 5.53. The molecule has 0 radical (unpaired) electrons. The van der Waals surface area contributed by atoms with Gasteiger partial charge in [-0.1, -0.05) is 58.0 Å². The van der Waals surface area contributed by atoms with Crippen molar-refractivity contribution in [1.82, 2.24) is 0 Å². The fraction of sp³-hybridized carbons (Fsp3) is 0.429. The highest BCUT2D eigenvalue weighted by Gasteiger charge is 2.17. The second-order valence-corrected chi connectivity index (χ2v) is 11.8. The lowest BCUT2D eigenvalue weighted by atomic mass is 9.89. The predicted molar refractivity (Wildman–Crippen MR) is 107 cm³/mol. The van der Waals surface area contributed by atoms with Crippen molar-refractivity contribution in [3.63, 3.8) is 0 Å². The molecule has 0 fully saturated rings. The predicted octanol–water partition coefficient (Wildman–Crippen LogP) is 7.32. The highest BCUT2D eigenvalue weighted by atomic mass is 31.2. The molecule has 0 atom stereocenters. The van der Waals surface area contributed by atoms with Crippen LogP contribution in [-0.4, -0.2) is 20.0 Å². The van der Waals surface area contributed by atoms with Crippen LogP contribution < -0.4 is 0 Å². The maximum absolute atomic E-state index is 5.18. The minimum absolute atomic E-state index is 0.474. The Morgan fingerprint density at radius 2 is 1.22 bits per heavy atom. The normalized spacial score (nSPS) is 12.0. The molecule has 0 heterocycles. The van der Waals surface area contributed by atoms with Crippen LogP contribution in [0.5, 0.6) is 0 Å². The molecule has 0 saturated heterocycles. The lowest BCUT2D eigenvalue weighted by molar-refractivity contribution is 0.836. The third kappa shape index (κ3) is 4.58. The number of rotatable bonds is 4.